The highest BCUT2D eigenvalue weighted by Crippen LogP contribution is 2.26. The summed E-state index contributed by atoms with van der Waals surface area (Å²) >= 11 is 0. The number of para-hydroxylation sites is 1. The van der Waals surface area contributed by atoms with E-state index >= 15 is 0 Å². The zero-order valence-corrected chi connectivity index (χ0v) is 15.6. The van der Waals surface area contributed by atoms with E-state index in [4.69, 9.17) is 9.97 Å². The van der Waals surface area contributed by atoms with Crippen LogP contribution in [0.5, 0.6) is 0 Å². The van der Waals surface area contributed by atoms with Crippen molar-refractivity contribution in [2.24, 2.45) is 5.92 Å². The van der Waals surface area contributed by atoms with Crippen molar-refractivity contribution in [1.29, 1.82) is 0 Å². The third kappa shape index (κ3) is 3.99. The van der Waals surface area contributed by atoms with E-state index in [0.29, 0.717) is 5.82 Å². The molecule has 2 N–H and O–H groups in total. The first-order chi connectivity index (χ1) is 12.4. The largest absolute Gasteiger partial charge is 0.367 e. The van der Waals surface area contributed by atoms with Crippen LogP contribution >= 0.6 is 0 Å². The molecule has 134 valence electrons. The number of aromatic nitrogens is 2. The molecule has 0 bridgehead atoms. The Balaban J connectivity index is 1.96. The minimum absolute atomic E-state index is 0.00289. The summed E-state index contributed by atoms with van der Waals surface area (Å²) in [7, 11) is 0. The molecule has 0 unspecified atom stereocenters. The van der Waals surface area contributed by atoms with E-state index in [1.54, 1.807) is 0 Å². The summed E-state index contributed by atoms with van der Waals surface area (Å²) < 4.78 is 0. The summed E-state index contributed by atoms with van der Waals surface area (Å²) in [5, 5.41) is 7.30. The quantitative estimate of drug-likeness (QED) is 0.700. The van der Waals surface area contributed by atoms with E-state index < -0.39 is 0 Å². The van der Waals surface area contributed by atoms with Gasteiger partial charge >= 0.3 is 0 Å². The van der Waals surface area contributed by atoms with Gasteiger partial charge in [0.2, 0.25) is 5.91 Å². The smallest absolute Gasteiger partial charge is 0.226 e. The molecular weight excluding hydrogens is 324 g/mol. The molecule has 3 aromatic rings. The van der Waals surface area contributed by atoms with Gasteiger partial charge in [0.25, 0.3) is 0 Å². The Morgan fingerprint density at radius 2 is 1.62 bits per heavy atom. The molecule has 26 heavy (non-hydrogen) atoms. The van der Waals surface area contributed by atoms with Crippen LogP contribution in [0.15, 0.2) is 48.5 Å². The summed E-state index contributed by atoms with van der Waals surface area (Å²) in [5.74, 6) is 1.44. The molecule has 0 spiro atoms. The number of nitrogens with zero attached hydrogens (tertiary/aromatic N) is 2. The van der Waals surface area contributed by atoms with E-state index in [0.717, 1.165) is 28.0 Å². The Morgan fingerprint density at radius 1 is 0.923 bits per heavy atom. The fraction of sp³-hybridized carbons (Fsp3) is 0.286. The van der Waals surface area contributed by atoms with Crippen LogP contribution in [0, 0.1) is 5.92 Å². The van der Waals surface area contributed by atoms with Crippen molar-refractivity contribution in [3.05, 3.63) is 48.5 Å². The molecule has 1 heterocycles. The molecule has 0 aliphatic heterocycles. The molecule has 0 saturated carbocycles. The number of nitrogens with one attached hydrogen (secondary N) is 2. The summed E-state index contributed by atoms with van der Waals surface area (Å²) in [6, 6.07) is 15.9. The van der Waals surface area contributed by atoms with Gasteiger partial charge in [-0.15, -0.1) is 0 Å². The number of amides is 1. The Morgan fingerprint density at radius 3 is 2.27 bits per heavy atom. The van der Waals surface area contributed by atoms with Gasteiger partial charge in [0.15, 0.2) is 5.82 Å². The van der Waals surface area contributed by atoms with E-state index in [1.165, 1.54) is 0 Å². The van der Waals surface area contributed by atoms with Gasteiger partial charge in [0.05, 0.1) is 5.52 Å². The standard InChI is InChI=1S/C21H24N4O/c1-13(2)21(26)23-16-11-9-15(10-12-16)19-24-18-8-6-5-7-17(18)20(25-19)22-14(3)4/h5-14H,1-4H3,(H,23,26)(H,22,24,25). The molecule has 0 aliphatic rings. The van der Waals surface area contributed by atoms with Crippen LogP contribution in [0.4, 0.5) is 11.5 Å². The number of carbonyl (C=O) groups excluding carboxylic acids is 1. The molecule has 0 aliphatic carbocycles. The number of benzene rings is 2. The summed E-state index contributed by atoms with van der Waals surface area (Å²) in [4.78, 5) is 21.2. The van der Waals surface area contributed by atoms with Crippen molar-refractivity contribution in [3.63, 3.8) is 0 Å². The van der Waals surface area contributed by atoms with E-state index in [-0.39, 0.29) is 17.9 Å². The molecule has 5 nitrogen and oxygen atoms in total. The van der Waals surface area contributed by atoms with Gasteiger partial charge in [-0.2, -0.15) is 0 Å². The van der Waals surface area contributed by atoms with Crippen molar-refractivity contribution in [2.45, 2.75) is 33.7 Å². The fourth-order valence-electron chi connectivity index (χ4n) is 2.58. The van der Waals surface area contributed by atoms with Gasteiger partial charge < -0.3 is 10.6 Å². The van der Waals surface area contributed by atoms with Crippen molar-refractivity contribution >= 4 is 28.3 Å². The molecular formula is C21H24N4O. The Bertz CT molecular complexity index is 917. The van der Waals surface area contributed by atoms with Crippen LogP contribution in [-0.2, 0) is 4.79 Å². The predicted octanol–water partition coefficient (Wildman–Crippen LogP) is 4.71. The average molecular weight is 348 g/mol. The molecule has 0 radical (unpaired) electrons. The summed E-state index contributed by atoms with van der Waals surface area (Å²) in [6.07, 6.45) is 0. The van der Waals surface area contributed by atoms with Crippen LogP contribution in [0.3, 0.4) is 0 Å². The lowest BCUT2D eigenvalue weighted by Gasteiger charge is -2.13. The summed E-state index contributed by atoms with van der Waals surface area (Å²) in [6.45, 7) is 7.91. The Hall–Kier alpha value is -2.95. The van der Waals surface area contributed by atoms with Crippen LogP contribution in [0.1, 0.15) is 27.7 Å². The predicted molar refractivity (Wildman–Crippen MR) is 107 cm³/mol. The lowest BCUT2D eigenvalue weighted by molar-refractivity contribution is -0.118. The highest BCUT2D eigenvalue weighted by Gasteiger charge is 2.11. The lowest BCUT2D eigenvalue weighted by Crippen LogP contribution is -2.17. The monoisotopic (exact) mass is 348 g/mol. The van der Waals surface area contributed by atoms with E-state index in [9.17, 15) is 4.79 Å². The Kier molecular flexibility index (Phi) is 5.16. The van der Waals surface area contributed by atoms with Crippen molar-refractivity contribution in [2.75, 3.05) is 10.6 Å². The van der Waals surface area contributed by atoms with Crippen LogP contribution in [0.25, 0.3) is 22.3 Å². The number of fused-ring (bicyclic) bond motifs is 1. The van der Waals surface area contributed by atoms with Crippen molar-refractivity contribution < 1.29 is 4.79 Å². The number of anilines is 2. The topological polar surface area (TPSA) is 66.9 Å². The maximum Gasteiger partial charge on any atom is 0.226 e. The maximum absolute atomic E-state index is 11.8. The van der Waals surface area contributed by atoms with Crippen LogP contribution < -0.4 is 10.6 Å². The molecule has 3 rings (SSSR count). The normalized spacial score (nSPS) is 11.2. The number of hydrogen-bond acceptors (Lipinski definition) is 4. The second-order valence-electron chi connectivity index (χ2n) is 6.93. The fourth-order valence-corrected chi connectivity index (χ4v) is 2.58. The molecule has 2 aromatic carbocycles. The van der Waals surface area contributed by atoms with Gasteiger partial charge in [0, 0.05) is 28.6 Å². The first-order valence-electron chi connectivity index (χ1n) is 8.88. The maximum atomic E-state index is 11.8. The average Bonchev–Trinajstić information content (AvgIpc) is 2.61. The number of rotatable bonds is 5. The first kappa shape index (κ1) is 17.9. The minimum atomic E-state index is -0.0526. The van der Waals surface area contributed by atoms with E-state index in [2.05, 4.69) is 24.5 Å². The Labute approximate surface area is 153 Å². The van der Waals surface area contributed by atoms with Gasteiger partial charge in [-0.1, -0.05) is 26.0 Å². The molecule has 0 saturated heterocycles. The van der Waals surface area contributed by atoms with Gasteiger partial charge in [-0.25, -0.2) is 9.97 Å². The second-order valence-corrected chi connectivity index (χ2v) is 6.93. The highest BCUT2D eigenvalue weighted by atomic mass is 16.1. The number of carbonyl (C=O) groups is 1. The van der Waals surface area contributed by atoms with Gasteiger partial charge in [-0.3, -0.25) is 4.79 Å². The van der Waals surface area contributed by atoms with Crippen LogP contribution in [0.2, 0.25) is 0 Å². The second kappa shape index (κ2) is 7.52. The van der Waals surface area contributed by atoms with E-state index in [1.807, 2.05) is 62.4 Å². The highest BCUT2D eigenvalue weighted by molar-refractivity contribution is 5.93. The zero-order chi connectivity index (χ0) is 18.7. The van der Waals surface area contributed by atoms with Crippen molar-refractivity contribution in [3.8, 4) is 11.4 Å². The summed E-state index contributed by atoms with van der Waals surface area (Å²) in [5.41, 5.74) is 2.58. The lowest BCUT2D eigenvalue weighted by atomic mass is 10.1. The SMILES string of the molecule is CC(C)Nc1nc(-c2ccc(NC(=O)C(C)C)cc2)nc2ccccc12. The number of hydrogen-bond donors (Lipinski definition) is 2. The zero-order valence-electron chi connectivity index (χ0n) is 15.6. The minimum Gasteiger partial charge on any atom is -0.367 e. The first-order valence-corrected chi connectivity index (χ1v) is 8.88. The molecule has 5 heteroatoms. The van der Waals surface area contributed by atoms with Crippen molar-refractivity contribution in [1.82, 2.24) is 9.97 Å². The third-order valence-corrected chi connectivity index (χ3v) is 3.96. The molecule has 1 aromatic heterocycles. The third-order valence-electron chi connectivity index (χ3n) is 3.96. The molecule has 0 atom stereocenters. The van der Waals surface area contributed by atoms with Gasteiger partial charge in [-0.05, 0) is 50.2 Å². The van der Waals surface area contributed by atoms with Gasteiger partial charge in [0.1, 0.15) is 5.82 Å². The molecule has 1 amide bonds. The van der Waals surface area contributed by atoms with Crippen LogP contribution in [-0.4, -0.2) is 21.9 Å². The molecule has 0 fully saturated rings.